The minimum absolute atomic E-state index is 0.0536. The van der Waals surface area contributed by atoms with Crippen LogP contribution >= 0.6 is 0 Å². The third-order valence-corrected chi connectivity index (χ3v) is 13.0. The Morgan fingerprint density at radius 3 is 1.58 bits per heavy atom. The molecule has 18 nitrogen and oxygen atoms in total. The van der Waals surface area contributed by atoms with E-state index >= 15 is 0 Å². The lowest BCUT2D eigenvalue weighted by atomic mass is 10.0. The van der Waals surface area contributed by atoms with Crippen molar-refractivity contribution in [1.82, 2.24) is 49.7 Å². The van der Waals surface area contributed by atoms with Crippen molar-refractivity contribution in [3.63, 3.8) is 0 Å². The Labute approximate surface area is 376 Å². The van der Waals surface area contributed by atoms with Crippen LogP contribution in [-0.4, -0.2) is 103 Å². The highest BCUT2D eigenvalue weighted by molar-refractivity contribution is 5.99. The first-order chi connectivity index (χ1) is 31.6. The minimum Gasteiger partial charge on any atom is -0.368 e. The molecule has 338 valence electrons. The van der Waals surface area contributed by atoms with Gasteiger partial charge in [0, 0.05) is 87.6 Å². The lowest BCUT2D eigenvalue weighted by Crippen LogP contribution is -2.43. The largest absolute Gasteiger partial charge is 0.368 e. The quantitative estimate of drug-likeness (QED) is 0.123. The van der Waals surface area contributed by atoms with Gasteiger partial charge in [0.15, 0.2) is 11.6 Å². The van der Waals surface area contributed by atoms with E-state index in [0.29, 0.717) is 45.8 Å². The molecule has 18 heteroatoms. The summed E-state index contributed by atoms with van der Waals surface area (Å²) in [5, 5.41) is 14.5. The Balaban J connectivity index is 0.000000164. The molecule has 4 aliphatic rings. The number of ketones is 2. The predicted octanol–water partition coefficient (Wildman–Crippen LogP) is 5.62. The molecule has 0 atom stereocenters. The fourth-order valence-electron chi connectivity index (χ4n) is 9.61. The van der Waals surface area contributed by atoms with Crippen molar-refractivity contribution in [2.24, 2.45) is 0 Å². The molecular formula is C47H56N14O4. The lowest BCUT2D eigenvalue weighted by molar-refractivity contribution is 0.100. The van der Waals surface area contributed by atoms with Crippen molar-refractivity contribution in [3.8, 4) is 0 Å². The summed E-state index contributed by atoms with van der Waals surface area (Å²) < 4.78 is 3.42. The van der Waals surface area contributed by atoms with E-state index in [-0.39, 0.29) is 45.9 Å². The molecule has 2 saturated carbocycles. The van der Waals surface area contributed by atoms with Crippen molar-refractivity contribution in [3.05, 3.63) is 92.5 Å². The molecule has 0 unspecified atom stereocenters. The van der Waals surface area contributed by atoms with Crippen LogP contribution < -0.4 is 42.2 Å². The molecule has 10 rings (SSSR count). The van der Waals surface area contributed by atoms with Gasteiger partial charge < -0.3 is 31.1 Å². The highest BCUT2D eigenvalue weighted by atomic mass is 16.2. The molecule has 8 heterocycles. The van der Waals surface area contributed by atoms with Gasteiger partial charge in [0.2, 0.25) is 11.9 Å². The number of anilines is 6. The van der Waals surface area contributed by atoms with E-state index < -0.39 is 0 Å². The average molecular weight is 881 g/mol. The Kier molecular flexibility index (Phi) is 12.9. The maximum Gasteiger partial charge on any atom is 0.263 e. The molecule has 65 heavy (non-hydrogen) atoms. The van der Waals surface area contributed by atoms with E-state index in [1.165, 1.54) is 13.8 Å². The monoisotopic (exact) mass is 880 g/mol. The molecule has 4 fully saturated rings. The Morgan fingerprint density at radius 2 is 1.11 bits per heavy atom. The number of hydrogen-bond donors (Lipinski definition) is 4. The van der Waals surface area contributed by atoms with E-state index in [1.807, 2.05) is 36.7 Å². The zero-order valence-corrected chi connectivity index (χ0v) is 37.3. The van der Waals surface area contributed by atoms with Gasteiger partial charge in [-0.3, -0.25) is 28.3 Å². The van der Waals surface area contributed by atoms with Crippen molar-refractivity contribution in [1.29, 1.82) is 0 Å². The first-order valence-electron chi connectivity index (χ1n) is 22.9. The number of nitrogens with zero attached hydrogens (tertiary/aromatic N) is 10. The minimum atomic E-state index is -0.264. The van der Waals surface area contributed by atoms with Crippen LogP contribution in [0.1, 0.15) is 104 Å². The van der Waals surface area contributed by atoms with Gasteiger partial charge in [0.1, 0.15) is 22.9 Å². The maximum atomic E-state index is 13.3. The number of aryl methyl sites for hydroxylation is 1. The number of rotatable bonds is 10. The van der Waals surface area contributed by atoms with Crippen LogP contribution in [-0.2, 0) is 0 Å². The van der Waals surface area contributed by atoms with Crippen LogP contribution in [0.3, 0.4) is 0 Å². The number of hydrogen-bond acceptors (Lipinski definition) is 16. The van der Waals surface area contributed by atoms with Gasteiger partial charge in [0.05, 0.1) is 34.9 Å². The van der Waals surface area contributed by atoms with Gasteiger partial charge in [-0.05, 0) is 82.3 Å². The van der Waals surface area contributed by atoms with Gasteiger partial charge in [0.25, 0.3) is 11.1 Å². The van der Waals surface area contributed by atoms with Crippen LogP contribution in [0.15, 0.2) is 64.7 Å². The molecule has 2 aliphatic heterocycles. The highest BCUT2D eigenvalue weighted by Crippen LogP contribution is 2.33. The van der Waals surface area contributed by atoms with Crippen LogP contribution in [0.2, 0.25) is 0 Å². The van der Waals surface area contributed by atoms with E-state index in [0.717, 1.165) is 120 Å². The molecule has 0 radical (unpaired) electrons. The molecule has 4 N–H and O–H groups in total. The molecule has 2 aliphatic carbocycles. The fourth-order valence-corrected chi connectivity index (χ4v) is 9.61. The molecule has 6 aromatic heterocycles. The third kappa shape index (κ3) is 9.31. The van der Waals surface area contributed by atoms with E-state index in [2.05, 4.69) is 56.0 Å². The summed E-state index contributed by atoms with van der Waals surface area (Å²) in [5.41, 5.74) is 3.87. The second-order valence-corrected chi connectivity index (χ2v) is 17.3. The number of pyridine rings is 4. The SMILES string of the molecule is CC(=O)c1c(C)c2cnc(Nc3ccc(N4CCNCC4)cn3)nc2n(C2CCCC2)c1=O.CC(=O)c1cc2cnc(Nc3ccc(N4CCNCC4)cn3)nc2n(C2CCCC2)c1=O. The Bertz CT molecular complexity index is 2820. The van der Waals surface area contributed by atoms with Crippen LogP contribution in [0.25, 0.3) is 22.1 Å². The molecule has 0 spiro atoms. The summed E-state index contributed by atoms with van der Waals surface area (Å²) >= 11 is 0. The fraction of sp³-hybridized carbons (Fsp3) is 0.447. The van der Waals surface area contributed by atoms with Crippen molar-refractivity contribution in [2.45, 2.75) is 84.2 Å². The highest BCUT2D eigenvalue weighted by Gasteiger charge is 2.27. The van der Waals surface area contributed by atoms with E-state index in [9.17, 15) is 19.2 Å². The molecule has 0 bridgehead atoms. The zero-order chi connectivity index (χ0) is 45.0. The summed E-state index contributed by atoms with van der Waals surface area (Å²) in [4.78, 5) is 82.7. The number of nitrogens with one attached hydrogen (secondary N) is 4. The normalized spacial score (nSPS) is 17.0. The van der Waals surface area contributed by atoms with Gasteiger partial charge >= 0.3 is 0 Å². The van der Waals surface area contributed by atoms with Crippen LogP contribution in [0, 0.1) is 6.92 Å². The third-order valence-electron chi connectivity index (χ3n) is 13.0. The number of carbonyl (C=O) groups is 2. The average Bonchev–Trinajstić information content (AvgIpc) is 4.06. The molecule has 6 aromatic rings. The zero-order valence-electron chi connectivity index (χ0n) is 37.3. The van der Waals surface area contributed by atoms with Gasteiger partial charge in [-0.2, -0.15) is 9.97 Å². The molecular weight excluding hydrogens is 825 g/mol. The first-order valence-corrected chi connectivity index (χ1v) is 22.9. The maximum absolute atomic E-state index is 13.3. The number of carbonyl (C=O) groups excluding carboxylic acids is 2. The summed E-state index contributed by atoms with van der Waals surface area (Å²) in [6, 6.07) is 9.62. The Hall–Kier alpha value is -6.66. The summed E-state index contributed by atoms with van der Waals surface area (Å²) in [7, 11) is 0. The second kappa shape index (κ2) is 19.2. The first kappa shape index (κ1) is 43.6. The summed E-state index contributed by atoms with van der Waals surface area (Å²) in [5.74, 6) is 1.58. The lowest BCUT2D eigenvalue weighted by Gasteiger charge is -2.29. The van der Waals surface area contributed by atoms with Gasteiger partial charge in [-0.15, -0.1) is 0 Å². The van der Waals surface area contributed by atoms with E-state index in [4.69, 9.17) is 4.98 Å². The molecule has 0 amide bonds. The topological polar surface area (TPSA) is 210 Å². The standard InChI is InChI=1S/C24H29N7O2.C23H27N7O2/c1-15-19-14-27-24(28-20-8-7-18(13-26-20)30-11-9-25-10-12-30)29-22(19)31(17-5-3-4-6-17)23(33)21(15)16(2)32;1-15(31)19-12-16-13-26-23(28-21(16)30(22(19)32)17-4-2-3-5-17)27-20-7-6-18(14-25-20)29-10-8-24-9-11-29/h7-8,13-14,17,25H,3-6,9-12H2,1-2H3,(H,26,27,28,29);6-7,12-14,17,24H,2-5,8-11H2,1H3,(H,25,26,27,28). The second-order valence-electron chi connectivity index (χ2n) is 17.3. The molecule has 0 aromatic carbocycles. The predicted molar refractivity (Wildman–Crippen MR) is 253 cm³/mol. The smallest absolute Gasteiger partial charge is 0.263 e. The van der Waals surface area contributed by atoms with Gasteiger partial charge in [-0.1, -0.05) is 25.7 Å². The molecule has 2 saturated heterocycles. The Morgan fingerprint density at radius 1 is 0.615 bits per heavy atom. The number of aromatic nitrogens is 8. The number of piperazine rings is 2. The van der Waals surface area contributed by atoms with E-state index in [1.54, 1.807) is 34.5 Å². The van der Waals surface area contributed by atoms with Crippen LogP contribution in [0.4, 0.5) is 34.9 Å². The van der Waals surface area contributed by atoms with Crippen molar-refractivity contribution < 1.29 is 9.59 Å². The summed E-state index contributed by atoms with van der Waals surface area (Å²) in [6.07, 6.45) is 15.0. The summed E-state index contributed by atoms with van der Waals surface area (Å²) in [6.45, 7) is 12.4. The number of fused-ring (bicyclic) bond motifs is 2. The van der Waals surface area contributed by atoms with Crippen molar-refractivity contribution >= 4 is 68.5 Å². The number of Topliss-reactive ketones (excluding diaryl/α,β-unsaturated/α-hetero) is 2. The van der Waals surface area contributed by atoms with Gasteiger partial charge in [-0.25, -0.2) is 19.9 Å². The van der Waals surface area contributed by atoms with Crippen molar-refractivity contribution in [2.75, 3.05) is 72.8 Å². The van der Waals surface area contributed by atoms with Crippen LogP contribution in [0.5, 0.6) is 0 Å².